The van der Waals surface area contributed by atoms with Crippen LogP contribution in [0, 0.1) is 5.82 Å². The maximum Gasteiger partial charge on any atom is 0.417 e. The molecule has 0 spiro atoms. The Labute approximate surface area is 228 Å². The van der Waals surface area contributed by atoms with E-state index in [1.807, 2.05) is 35.2 Å². The van der Waals surface area contributed by atoms with Gasteiger partial charge in [-0.15, -0.1) is 0 Å². The van der Waals surface area contributed by atoms with Crippen molar-refractivity contribution in [3.8, 4) is 5.75 Å². The molecule has 0 radical (unpaired) electrons. The molecule has 3 aromatic carbocycles. The number of benzene rings is 3. The van der Waals surface area contributed by atoms with Gasteiger partial charge in [0.1, 0.15) is 11.6 Å². The molecule has 0 aliphatic heterocycles. The van der Waals surface area contributed by atoms with Gasteiger partial charge in [-0.2, -0.15) is 13.2 Å². The highest BCUT2D eigenvalue weighted by molar-refractivity contribution is 7.90. The van der Waals surface area contributed by atoms with Crippen LogP contribution >= 0.6 is 11.6 Å². The van der Waals surface area contributed by atoms with Crippen LogP contribution in [0.15, 0.2) is 65.6 Å². The summed E-state index contributed by atoms with van der Waals surface area (Å²) in [5.74, 6) is -2.48. The lowest BCUT2D eigenvalue weighted by atomic mass is 10.1. The van der Waals surface area contributed by atoms with Crippen molar-refractivity contribution in [2.75, 3.05) is 19.4 Å². The van der Waals surface area contributed by atoms with E-state index in [0.717, 1.165) is 30.0 Å². The largest absolute Gasteiger partial charge is 0.493 e. The zero-order chi connectivity index (χ0) is 28.8. The monoisotopic (exact) mass is 587 g/mol. The first-order valence-corrected chi connectivity index (χ1v) is 14.0. The fourth-order valence-corrected chi connectivity index (χ4v) is 5.26. The van der Waals surface area contributed by atoms with Gasteiger partial charge in [0.25, 0.3) is 0 Å². The van der Waals surface area contributed by atoms with Gasteiger partial charge in [-0.25, -0.2) is 12.8 Å². The topological polar surface area (TPSA) is 83.9 Å². The number of sulfone groups is 1. The van der Waals surface area contributed by atoms with Crippen molar-refractivity contribution >= 4 is 27.4 Å². The van der Waals surface area contributed by atoms with Crippen LogP contribution in [0.1, 0.15) is 28.7 Å². The van der Waals surface area contributed by atoms with Crippen LogP contribution in [0.4, 0.5) is 17.6 Å². The molecule has 0 amide bonds. The molecular formula is C27H26ClF4NO5S. The third-order valence-corrected chi connectivity index (χ3v) is 7.38. The summed E-state index contributed by atoms with van der Waals surface area (Å²) in [6.45, 7) is 0.918. The van der Waals surface area contributed by atoms with Crippen LogP contribution in [0.2, 0.25) is 5.02 Å². The van der Waals surface area contributed by atoms with Gasteiger partial charge in [0.2, 0.25) is 0 Å². The number of alkyl halides is 3. The third kappa shape index (κ3) is 8.67. The van der Waals surface area contributed by atoms with E-state index in [9.17, 15) is 30.8 Å². The van der Waals surface area contributed by atoms with E-state index >= 15 is 0 Å². The number of hydrogen-bond acceptors (Lipinski definition) is 5. The Balaban J connectivity index is 1.75. The maximum atomic E-state index is 14.6. The lowest BCUT2D eigenvalue weighted by Crippen LogP contribution is -2.26. The van der Waals surface area contributed by atoms with Gasteiger partial charge in [0, 0.05) is 37.5 Å². The number of rotatable bonds is 12. The van der Waals surface area contributed by atoms with Gasteiger partial charge in [0.05, 0.1) is 28.5 Å². The molecule has 0 fully saturated rings. The van der Waals surface area contributed by atoms with Crippen LogP contribution in [0.5, 0.6) is 5.75 Å². The molecule has 0 atom stereocenters. The van der Waals surface area contributed by atoms with Gasteiger partial charge in [-0.1, -0.05) is 54.1 Å². The second-order valence-electron chi connectivity index (χ2n) is 8.90. The van der Waals surface area contributed by atoms with Crippen molar-refractivity contribution in [3.05, 3.63) is 93.8 Å². The fraction of sp³-hybridized carbons (Fsp3) is 0.296. The van der Waals surface area contributed by atoms with E-state index in [1.165, 1.54) is 12.1 Å². The summed E-state index contributed by atoms with van der Waals surface area (Å²) >= 11 is 6.10. The summed E-state index contributed by atoms with van der Waals surface area (Å²) in [4.78, 5) is 12.5. The molecule has 6 nitrogen and oxygen atoms in total. The molecule has 0 heterocycles. The highest BCUT2D eigenvalue weighted by Gasteiger charge is 2.34. The summed E-state index contributed by atoms with van der Waals surface area (Å²) in [5, 5.41) is 8.63. The van der Waals surface area contributed by atoms with Crippen LogP contribution in [0.3, 0.4) is 0 Å². The molecule has 1 N–H and O–H groups in total. The highest BCUT2D eigenvalue weighted by Crippen LogP contribution is 2.36. The molecule has 210 valence electrons. The second kappa shape index (κ2) is 12.8. The van der Waals surface area contributed by atoms with Crippen LogP contribution < -0.4 is 4.74 Å². The van der Waals surface area contributed by atoms with E-state index in [4.69, 9.17) is 21.4 Å². The molecule has 39 heavy (non-hydrogen) atoms. The summed E-state index contributed by atoms with van der Waals surface area (Å²) in [6, 6.07) is 15.1. The van der Waals surface area contributed by atoms with Crippen LogP contribution in [0.25, 0.3) is 0 Å². The summed E-state index contributed by atoms with van der Waals surface area (Å²) < 4.78 is 84.4. The Hall–Kier alpha value is -3.15. The van der Waals surface area contributed by atoms with Crippen molar-refractivity contribution in [3.63, 3.8) is 0 Å². The van der Waals surface area contributed by atoms with E-state index in [1.54, 1.807) is 0 Å². The fourth-order valence-electron chi connectivity index (χ4n) is 4.02. The number of halogens is 5. The first-order chi connectivity index (χ1) is 18.3. The predicted octanol–water partition coefficient (Wildman–Crippen LogP) is 6.00. The molecule has 0 aliphatic carbocycles. The van der Waals surface area contributed by atoms with Gasteiger partial charge in [0.15, 0.2) is 9.84 Å². The van der Waals surface area contributed by atoms with Crippen LogP contribution in [-0.4, -0.2) is 43.8 Å². The number of carboxylic acid groups (broad SMARTS) is 1. The number of aliphatic carboxylic acids is 1. The molecule has 0 saturated heterocycles. The maximum absolute atomic E-state index is 14.6. The molecule has 0 saturated carbocycles. The van der Waals surface area contributed by atoms with Crippen molar-refractivity contribution < 1.29 is 40.6 Å². The number of ether oxygens (including phenoxy) is 1. The number of hydrogen-bond donors (Lipinski definition) is 1. The molecule has 0 bridgehead atoms. The van der Waals surface area contributed by atoms with E-state index in [-0.39, 0.29) is 23.9 Å². The van der Waals surface area contributed by atoms with Crippen molar-refractivity contribution in [2.45, 2.75) is 37.0 Å². The first kappa shape index (κ1) is 30.4. The lowest BCUT2D eigenvalue weighted by Gasteiger charge is -2.24. The average molecular weight is 588 g/mol. The Morgan fingerprint density at radius 3 is 2.36 bits per heavy atom. The number of carbonyl (C=O) groups is 1. The van der Waals surface area contributed by atoms with E-state index in [2.05, 4.69) is 0 Å². The summed E-state index contributed by atoms with van der Waals surface area (Å²) in [7, 11) is -3.94. The molecule has 0 unspecified atom stereocenters. The molecular weight excluding hydrogens is 562 g/mol. The molecule has 3 aromatic rings. The van der Waals surface area contributed by atoms with E-state index < -0.39 is 50.2 Å². The van der Waals surface area contributed by atoms with Gasteiger partial charge in [-0.05, 0) is 29.7 Å². The zero-order valence-corrected chi connectivity index (χ0v) is 22.4. The Morgan fingerprint density at radius 2 is 1.74 bits per heavy atom. The highest BCUT2D eigenvalue weighted by atomic mass is 35.5. The van der Waals surface area contributed by atoms with Crippen LogP contribution in [-0.2, 0) is 40.3 Å². The average Bonchev–Trinajstić information content (AvgIpc) is 2.83. The van der Waals surface area contributed by atoms with Crippen molar-refractivity contribution in [1.82, 2.24) is 4.90 Å². The minimum absolute atomic E-state index is 0.0303. The van der Waals surface area contributed by atoms with Gasteiger partial charge in [-0.3, -0.25) is 9.69 Å². The number of nitrogens with zero attached hydrogens (tertiary/aromatic N) is 1. The molecule has 0 aliphatic rings. The lowest BCUT2D eigenvalue weighted by molar-refractivity contribution is -0.138. The predicted molar refractivity (Wildman–Crippen MR) is 138 cm³/mol. The van der Waals surface area contributed by atoms with Gasteiger partial charge >= 0.3 is 12.1 Å². The minimum Gasteiger partial charge on any atom is -0.493 e. The Morgan fingerprint density at radius 1 is 1.05 bits per heavy atom. The van der Waals surface area contributed by atoms with E-state index in [0.29, 0.717) is 25.1 Å². The summed E-state index contributed by atoms with van der Waals surface area (Å²) in [5.41, 5.74) is -0.142. The third-order valence-electron chi connectivity index (χ3n) is 5.77. The zero-order valence-electron chi connectivity index (χ0n) is 20.8. The standard InChI is InChI=1S/C27H26ClF4NO5S/c1-39(36,37)24-14-20(13-23(29)21(24)15-25(34)35)38-12-6-11-33(16-18-7-3-2-4-8-18)17-19-9-5-10-22(26(19)28)27(30,31)32/h2-5,7-10,13-14H,6,11-12,15-17H2,1H3,(H,34,35). The van der Waals surface area contributed by atoms with Gasteiger partial charge < -0.3 is 9.84 Å². The SMILES string of the molecule is CS(=O)(=O)c1cc(OCCCN(Cc2ccccc2)Cc2cccc(C(F)(F)F)c2Cl)cc(F)c1CC(=O)O. The Kier molecular flexibility index (Phi) is 9.98. The smallest absolute Gasteiger partial charge is 0.417 e. The molecule has 12 heteroatoms. The summed E-state index contributed by atoms with van der Waals surface area (Å²) in [6.07, 6.45) is -4.19. The molecule has 0 aromatic heterocycles. The Bertz CT molecular complexity index is 1420. The normalized spacial score (nSPS) is 12.1. The second-order valence-corrected chi connectivity index (χ2v) is 11.3. The quantitative estimate of drug-likeness (QED) is 0.207. The van der Waals surface area contributed by atoms with Crippen molar-refractivity contribution in [2.24, 2.45) is 0 Å². The number of carboxylic acids is 1. The minimum atomic E-state index is -4.59. The molecule has 3 rings (SSSR count). The first-order valence-electron chi connectivity index (χ1n) is 11.7. The van der Waals surface area contributed by atoms with Crippen molar-refractivity contribution in [1.29, 1.82) is 0 Å².